The lowest BCUT2D eigenvalue weighted by molar-refractivity contribution is -0.383. The van der Waals surface area contributed by atoms with Crippen LogP contribution in [0.25, 0.3) is 0 Å². The van der Waals surface area contributed by atoms with Crippen LogP contribution in [0.2, 0.25) is 0 Å². The summed E-state index contributed by atoms with van der Waals surface area (Å²) >= 11 is 0. The molecule has 5 heteroatoms. The number of rotatable bonds is 5. The highest BCUT2D eigenvalue weighted by Crippen LogP contribution is 2.37. The van der Waals surface area contributed by atoms with Crippen LogP contribution >= 0.6 is 0 Å². The summed E-state index contributed by atoms with van der Waals surface area (Å²) in [6, 6.07) is 5.59. The molecule has 0 heterocycles. The van der Waals surface area contributed by atoms with E-state index in [1.54, 1.807) is 19.2 Å². The van der Waals surface area contributed by atoms with Gasteiger partial charge in [0.2, 0.25) is 0 Å². The highest BCUT2D eigenvalue weighted by Gasteiger charge is 2.29. The molecule has 1 saturated carbocycles. The van der Waals surface area contributed by atoms with Crippen molar-refractivity contribution in [3.8, 4) is 0 Å². The summed E-state index contributed by atoms with van der Waals surface area (Å²) in [5.41, 5.74) is 1.27. The van der Waals surface area contributed by atoms with E-state index in [1.807, 2.05) is 6.07 Å². The summed E-state index contributed by atoms with van der Waals surface area (Å²) in [6.07, 6.45) is 2.43. The van der Waals surface area contributed by atoms with Crippen molar-refractivity contribution in [3.63, 3.8) is 0 Å². The van der Waals surface area contributed by atoms with Gasteiger partial charge in [-0.05, 0) is 37.8 Å². The predicted octanol–water partition coefficient (Wildman–Crippen LogP) is 2.85. The molecule has 0 saturated heterocycles. The lowest BCUT2D eigenvalue weighted by atomic mass is 10.1. The van der Waals surface area contributed by atoms with Crippen molar-refractivity contribution < 1.29 is 4.92 Å². The Bertz CT molecular complexity index is 430. The lowest BCUT2D eigenvalue weighted by Crippen LogP contribution is -2.18. The Labute approximate surface area is 100 Å². The van der Waals surface area contributed by atoms with Crippen molar-refractivity contribution in [2.24, 2.45) is 5.92 Å². The first-order valence-corrected chi connectivity index (χ1v) is 5.85. The molecule has 0 aliphatic heterocycles. The molecule has 1 aliphatic rings. The van der Waals surface area contributed by atoms with Gasteiger partial charge < -0.3 is 10.6 Å². The number of benzene rings is 1. The predicted molar refractivity (Wildman–Crippen MR) is 68.5 cm³/mol. The first-order valence-electron chi connectivity index (χ1n) is 5.85. The molecule has 1 fully saturated rings. The number of hydrogen-bond donors (Lipinski definition) is 2. The van der Waals surface area contributed by atoms with Gasteiger partial charge in [0.25, 0.3) is 0 Å². The van der Waals surface area contributed by atoms with Crippen molar-refractivity contribution in [1.29, 1.82) is 0 Å². The molecule has 1 atom stereocenters. The normalized spacial score (nSPS) is 16.4. The summed E-state index contributed by atoms with van der Waals surface area (Å²) < 4.78 is 0. The zero-order valence-electron chi connectivity index (χ0n) is 10.1. The van der Waals surface area contributed by atoms with Crippen LogP contribution in [0.15, 0.2) is 18.2 Å². The van der Waals surface area contributed by atoms with Crippen molar-refractivity contribution in [2.45, 2.75) is 25.8 Å². The van der Waals surface area contributed by atoms with Gasteiger partial charge in [-0.2, -0.15) is 0 Å². The molecule has 0 radical (unpaired) electrons. The minimum absolute atomic E-state index is 0.127. The highest BCUT2D eigenvalue weighted by atomic mass is 16.6. The van der Waals surface area contributed by atoms with E-state index in [9.17, 15) is 10.1 Å². The molecule has 2 rings (SSSR count). The van der Waals surface area contributed by atoms with E-state index >= 15 is 0 Å². The van der Waals surface area contributed by atoms with E-state index in [0.29, 0.717) is 23.3 Å². The van der Waals surface area contributed by atoms with Gasteiger partial charge in [0.1, 0.15) is 11.4 Å². The van der Waals surface area contributed by atoms with Gasteiger partial charge in [0, 0.05) is 13.1 Å². The summed E-state index contributed by atoms with van der Waals surface area (Å²) in [5, 5.41) is 17.2. The Balaban J connectivity index is 2.27. The van der Waals surface area contributed by atoms with E-state index < -0.39 is 0 Å². The van der Waals surface area contributed by atoms with Crippen molar-refractivity contribution in [2.75, 3.05) is 17.7 Å². The van der Waals surface area contributed by atoms with Gasteiger partial charge >= 0.3 is 5.69 Å². The fourth-order valence-corrected chi connectivity index (χ4v) is 2.02. The largest absolute Gasteiger partial charge is 0.382 e. The number of nitrogens with zero attached hydrogens (tertiary/aromatic N) is 1. The molecule has 5 nitrogen and oxygen atoms in total. The number of nitrogens with one attached hydrogen (secondary N) is 2. The topological polar surface area (TPSA) is 67.2 Å². The number of nitro groups is 1. The molecule has 0 spiro atoms. The Morgan fingerprint density at radius 1 is 1.41 bits per heavy atom. The molecular weight excluding hydrogens is 218 g/mol. The van der Waals surface area contributed by atoms with E-state index in [4.69, 9.17) is 0 Å². The van der Waals surface area contributed by atoms with Crippen LogP contribution in [-0.4, -0.2) is 18.0 Å². The summed E-state index contributed by atoms with van der Waals surface area (Å²) in [4.78, 5) is 10.8. The Hall–Kier alpha value is -1.78. The van der Waals surface area contributed by atoms with Crippen LogP contribution in [0.1, 0.15) is 19.8 Å². The Morgan fingerprint density at radius 3 is 2.59 bits per heavy atom. The second-order valence-corrected chi connectivity index (χ2v) is 4.48. The zero-order chi connectivity index (χ0) is 12.4. The average molecular weight is 235 g/mol. The molecule has 1 aliphatic carbocycles. The van der Waals surface area contributed by atoms with Gasteiger partial charge in [-0.1, -0.05) is 6.07 Å². The molecule has 1 aromatic carbocycles. The maximum Gasteiger partial charge on any atom is 0.315 e. The zero-order valence-corrected chi connectivity index (χ0v) is 10.1. The SMILES string of the molecule is CNc1cccc(NC(C)C2CC2)c1[N+](=O)[O-]. The molecule has 0 amide bonds. The smallest absolute Gasteiger partial charge is 0.315 e. The monoisotopic (exact) mass is 235 g/mol. The number of nitro benzene ring substituents is 1. The summed E-state index contributed by atoms with van der Waals surface area (Å²) in [5.74, 6) is 0.660. The van der Waals surface area contributed by atoms with E-state index in [-0.39, 0.29) is 10.6 Å². The fraction of sp³-hybridized carbons (Fsp3) is 0.500. The molecule has 1 aromatic rings. The van der Waals surface area contributed by atoms with Crippen LogP contribution in [0.4, 0.5) is 17.1 Å². The fourth-order valence-electron chi connectivity index (χ4n) is 2.02. The van der Waals surface area contributed by atoms with Crippen LogP contribution in [0, 0.1) is 16.0 Å². The van der Waals surface area contributed by atoms with Crippen molar-refractivity contribution in [3.05, 3.63) is 28.3 Å². The van der Waals surface area contributed by atoms with Crippen molar-refractivity contribution >= 4 is 17.1 Å². The standard InChI is InChI=1S/C12H17N3O2/c1-8(9-6-7-9)14-11-5-3-4-10(13-2)12(11)15(16)17/h3-5,8-9,13-14H,6-7H2,1-2H3. The van der Waals surface area contributed by atoms with Crippen LogP contribution in [0.3, 0.4) is 0 Å². The Morgan fingerprint density at radius 2 is 2.06 bits per heavy atom. The molecule has 1 unspecified atom stereocenters. The number of para-hydroxylation sites is 1. The lowest BCUT2D eigenvalue weighted by Gasteiger charge is -2.15. The van der Waals surface area contributed by atoms with Gasteiger partial charge in [-0.3, -0.25) is 10.1 Å². The second-order valence-electron chi connectivity index (χ2n) is 4.48. The van der Waals surface area contributed by atoms with Gasteiger partial charge in [-0.15, -0.1) is 0 Å². The minimum Gasteiger partial charge on any atom is -0.382 e. The first-order chi connectivity index (χ1) is 8.13. The van der Waals surface area contributed by atoms with Gasteiger partial charge in [0.15, 0.2) is 0 Å². The average Bonchev–Trinajstić information content (AvgIpc) is 3.11. The van der Waals surface area contributed by atoms with Crippen molar-refractivity contribution in [1.82, 2.24) is 0 Å². The van der Waals surface area contributed by atoms with Gasteiger partial charge in [0.05, 0.1) is 4.92 Å². The third-order valence-electron chi connectivity index (χ3n) is 3.20. The molecule has 92 valence electrons. The molecular formula is C12H17N3O2. The molecule has 0 aromatic heterocycles. The van der Waals surface area contributed by atoms with Gasteiger partial charge in [-0.25, -0.2) is 0 Å². The first kappa shape index (κ1) is 11.7. The third kappa shape index (κ3) is 2.49. The van der Waals surface area contributed by atoms with E-state index in [0.717, 1.165) is 0 Å². The van der Waals surface area contributed by atoms with E-state index in [2.05, 4.69) is 17.6 Å². The van der Waals surface area contributed by atoms with Crippen LogP contribution in [0.5, 0.6) is 0 Å². The summed E-state index contributed by atoms with van der Waals surface area (Å²) in [6.45, 7) is 2.08. The third-order valence-corrected chi connectivity index (χ3v) is 3.20. The van der Waals surface area contributed by atoms with Crippen LogP contribution < -0.4 is 10.6 Å². The Kier molecular flexibility index (Phi) is 3.17. The molecule has 0 bridgehead atoms. The highest BCUT2D eigenvalue weighted by molar-refractivity contribution is 5.76. The molecule has 2 N–H and O–H groups in total. The quantitative estimate of drug-likeness (QED) is 0.608. The summed E-state index contributed by atoms with van der Waals surface area (Å²) in [7, 11) is 1.69. The maximum atomic E-state index is 11.1. The molecule has 17 heavy (non-hydrogen) atoms. The minimum atomic E-state index is -0.339. The number of hydrogen-bond acceptors (Lipinski definition) is 4. The van der Waals surface area contributed by atoms with E-state index in [1.165, 1.54) is 12.8 Å². The number of anilines is 2. The van der Waals surface area contributed by atoms with Crippen LogP contribution in [-0.2, 0) is 0 Å². The second kappa shape index (κ2) is 4.61. The maximum absolute atomic E-state index is 11.1.